The summed E-state index contributed by atoms with van der Waals surface area (Å²) in [6.45, 7) is 10.3. The molecule has 170 valence electrons. The summed E-state index contributed by atoms with van der Waals surface area (Å²) in [6, 6.07) is 3.20. The van der Waals surface area contributed by atoms with Gasteiger partial charge in [-0.3, -0.25) is 14.6 Å². The Morgan fingerprint density at radius 2 is 2.00 bits per heavy atom. The third-order valence-corrected chi connectivity index (χ3v) is 5.37. The van der Waals surface area contributed by atoms with E-state index in [0.717, 1.165) is 0 Å². The molecule has 0 radical (unpaired) electrons. The van der Waals surface area contributed by atoms with Gasteiger partial charge in [0, 0.05) is 31.9 Å². The molecule has 1 unspecified atom stereocenters. The quantitative estimate of drug-likeness (QED) is 0.645. The number of fused-ring (bicyclic) bond motifs is 1. The van der Waals surface area contributed by atoms with Crippen LogP contribution in [0, 0.1) is 6.92 Å². The number of hydrogen-bond donors (Lipinski definition) is 1. The second kappa shape index (κ2) is 7.81. The minimum Gasteiger partial charge on any atom is -0.444 e. The number of amides is 2. The van der Waals surface area contributed by atoms with Gasteiger partial charge >= 0.3 is 6.09 Å². The Hall–Kier alpha value is -3.63. The fourth-order valence-electron chi connectivity index (χ4n) is 3.77. The van der Waals surface area contributed by atoms with E-state index in [4.69, 9.17) is 4.74 Å². The Bertz CT molecular complexity index is 1230. The number of ether oxygens (including phenoxy) is 1. The van der Waals surface area contributed by atoms with Crippen LogP contribution in [-0.4, -0.2) is 77.5 Å². The normalized spacial score (nSPS) is 17.1. The third kappa shape index (κ3) is 3.97. The molecule has 0 spiro atoms. The first kappa shape index (κ1) is 21.6. The zero-order chi connectivity index (χ0) is 23.2. The Balaban J connectivity index is 1.53. The Morgan fingerprint density at radius 1 is 1.25 bits per heavy atom. The van der Waals surface area contributed by atoms with Gasteiger partial charge < -0.3 is 14.5 Å². The second-order valence-corrected chi connectivity index (χ2v) is 8.95. The van der Waals surface area contributed by atoms with Gasteiger partial charge in [-0.05, 0) is 46.8 Å². The summed E-state index contributed by atoms with van der Waals surface area (Å²) in [6.07, 6.45) is 2.77. The van der Waals surface area contributed by atoms with Crippen LogP contribution in [0.4, 0.5) is 4.79 Å². The first-order valence-electron chi connectivity index (χ1n) is 10.5. The van der Waals surface area contributed by atoms with E-state index in [0.29, 0.717) is 36.4 Å². The molecule has 4 rings (SSSR count). The van der Waals surface area contributed by atoms with Crippen LogP contribution >= 0.6 is 0 Å². The lowest BCUT2D eigenvalue weighted by Crippen LogP contribution is -2.56. The standard InChI is InChI=1S/C21H27N7O4/c1-13-12-25(20(31)32-21(3,4)5)9-10-26(13)18(30)15-11-22-28(14(15)2)19-23-17(29)16-7-6-8-27(16)24-19/h6-8,11,13H,9-10,12H2,1-5H3,(H,23,24,29). The van der Waals surface area contributed by atoms with Crippen molar-refractivity contribution in [2.24, 2.45) is 0 Å². The maximum atomic E-state index is 13.3. The zero-order valence-corrected chi connectivity index (χ0v) is 18.8. The van der Waals surface area contributed by atoms with Crippen LogP contribution in [-0.2, 0) is 4.74 Å². The molecule has 11 nitrogen and oxygen atoms in total. The van der Waals surface area contributed by atoms with Gasteiger partial charge in [0.2, 0.25) is 5.95 Å². The van der Waals surface area contributed by atoms with Crippen LogP contribution in [0.25, 0.3) is 11.5 Å². The Kier molecular flexibility index (Phi) is 5.27. The molecule has 3 aromatic rings. The highest BCUT2D eigenvalue weighted by atomic mass is 16.6. The maximum Gasteiger partial charge on any atom is 0.410 e. The average Bonchev–Trinajstić information content (AvgIpc) is 3.32. The number of hydrogen-bond acceptors (Lipinski definition) is 6. The smallest absolute Gasteiger partial charge is 0.410 e. The fraction of sp³-hybridized carbons (Fsp3) is 0.476. The lowest BCUT2D eigenvalue weighted by molar-refractivity contribution is 0.00615. The highest BCUT2D eigenvalue weighted by Crippen LogP contribution is 2.19. The van der Waals surface area contributed by atoms with Gasteiger partial charge in [0.15, 0.2) is 0 Å². The van der Waals surface area contributed by atoms with Crippen LogP contribution in [0.15, 0.2) is 29.3 Å². The summed E-state index contributed by atoms with van der Waals surface area (Å²) in [4.78, 5) is 43.9. The molecule has 1 aliphatic heterocycles. The number of carbonyl (C=O) groups is 2. The Morgan fingerprint density at radius 3 is 2.69 bits per heavy atom. The molecule has 0 aromatic carbocycles. The van der Waals surface area contributed by atoms with Gasteiger partial charge in [0.05, 0.1) is 17.5 Å². The molecule has 1 N–H and O–H groups in total. The van der Waals surface area contributed by atoms with E-state index < -0.39 is 5.60 Å². The molecule has 1 aliphatic rings. The van der Waals surface area contributed by atoms with Crippen LogP contribution in [0.2, 0.25) is 0 Å². The van der Waals surface area contributed by atoms with E-state index in [1.165, 1.54) is 15.4 Å². The molecule has 32 heavy (non-hydrogen) atoms. The van der Waals surface area contributed by atoms with Crippen molar-refractivity contribution in [2.75, 3.05) is 19.6 Å². The summed E-state index contributed by atoms with van der Waals surface area (Å²) in [5.41, 5.74) is 0.530. The topological polar surface area (TPSA) is 118 Å². The number of rotatable bonds is 2. The van der Waals surface area contributed by atoms with E-state index in [2.05, 4.69) is 15.2 Å². The molecule has 4 heterocycles. The average molecular weight is 441 g/mol. The summed E-state index contributed by atoms with van der Waals surface area (Å²) in [5.74, 6) is 0.0347. The summed E-state index contributed by atoms with van der Waals surface area (Å²) in [7, 11) is 0. The minimum atomic E-state index is -0.572. The second-order valence-electron chi connectivity index (χ2n) is 8.95. The van der Waals surface area contributed by atoms with Gasteiger partial charge in [-0.15, -0.1) is 5.10 Å². The van der Waals surface area contributed by atoms with Gasteiger partial charge in [0.25, 0.3) is 11.5 Å². The molecule has 11 heteroatoms. The monoisotopic (exact) mass is 441 g/mol. The lowest BCUT2D eigenvalue weighted by Gasteiger charge is -2.40. The molecule has 1 atom stereocenters. The van der Waals surface area contributed by atoms with Crippen molar-refractivity contribution < 1.29 is 14.3 Å². The fourth-order valence-corrected chi connectivity index (χ4v) is 3.77. The summed E-state index contributed by atoms with van der Waals surface area (Å²) >= 11 is 0. The van der Waals surface area contributed by atoms with E-state index in [1.54, 1.807) is 35.1 Å². The van der Waals surface area contributed by atoms with Gasteiger partial charge in [-0.25, -0.2) is 14.0 Å². The van der Waals surface area contributed by atoms with Gasteiger partial charge in [0.1, 0.15) is 11.1 Å². The minimum absolute atomic E-state index is 0.186. The third-order valence-electron chi connectivity index (χ3n) is 5.37. The molecule has 2 amide bonds. The van der Waals surface area contributed by atoms with Gasteiger partial charge in [-0.2, -0.15) is 5.10 Å². The van der Waals surface area contributed by atoms with Crippen molar-refractivity contribution in [2.45, 2.75) is 46.3 Å². The Labute approximate surface area is 184 Å². The predicted octanol–water partition coefficient (Wildman–Crippen LogP) is 1.60. The van der Waals surface area contributed by atoms with E-state index in [9.17, 15) is 14.4 Å². The van der Waals surface area contributed by atoms with E-state index >= 15 is 0 Å². The first-order valence-corrected chi connectivity index (χ1v) is 10.5. The maximum absolute atomic E-state index is 13.3. The highest BCUT2D eigenvalue weighted by Gasteiger charge is 2.33. The van der Waals surface area contributed by atoms with Crippen molar-refractivity contribution in [1.82, 2.24) is 34.2 Å². The molecular weight excluding hydrogens is 414 g/mol. The number of piperazine rings is 1. The van der Waals surface area contributed by atoms with Crippen LogP contribution < -0.4 is 5.56 Å². The van der Waals surface area contributed by atoms with Crippen LogP contribution in [0.3, 0.4) is 0 Å². The molecule has 1 saturated heterocycles. The number of H-pyrrole nitrogens is 1. The molecule has 3 aromatic heterocycles. The number of aromatic amines is 1. The molecule has 1 fully saturated rings. The van der Waals surface area contributed by atoms with E-state index in [-0.39, 0.29) is 29.5 Å². The number of nitrogens with zero attached hydrogens (tertiary/aromatic N) is 6. The van der Waals surface area contributed by atoms with Crippen molar-refractivity contribution >= 4 is 17.5 Å². The largest absolute Gasteiger partial charge is 0.444 e. The van der Waals surface area contributed by atoms with Crippen molar-refractivity contribution in [3.05, 3.63) is 46.1 Å². The summed E-state index contributed by atoms with van der Waals surface area (Å²) in [5, 5.41) is 8.65. The van der Waals surface area contributed by atoms with Gasteiger partial charge in [-0.1, -0.05) is 0 Å². The van der Waals surface area contributed by atoms with Crippen molar-refractivity contribution in [1.29, 1.82) is 0 Å². The molecule has 0 aliphatic carbocycles. The number of aromatic nitrogens is 5. The number of nitrogens with one attached hydrogen (secondary N) is 1. The molecule has 0 bridgehead atoms. The molecule has 0 saturated carbocycles. The van der Waals surface area contributed by atoms with Crippen LogP contribution in [0.5, 0.6) is 0 Å². The zero-order valence-electron chi connectivity index (χ0n) is 18.8. The van der Waals surface area contributed by atoms with Crippen molar-refractivity contribution in [3.8, 4) is 5.95 Å². The lowest BCUT2D eigenvalue weighted by atomic mass is 10.1. The predicted molar refractivity (Wildman–Crippen MR) is 116 cm³/mol. The molecular formula is C21H27N7O4. The van der Waals surface area contributed by atoms with Crippen molar-refractivity contribution in [3.63, 3.8) is 0 Å². The number of carbonyl (C=O) groups excluding carboxylic acids is 2. The SMILES string of the molecule is Cc1c(C(=O)N2CCN(C(=O)OC(C)(C)C)CC2C)cnn1-c1nn2cccc2c(=O)[nH]1. The highest BCUT2D eigenvalue weighted by molar-refractivity contribution is 5.95. The first-order chi connectivity index (χ1) is 15.0. The summed E-state index contributed by atoms with van der Waals surface area (Å²) < 4.78 is 8.35. The van der Waals surface area contributed by atoms with E-state index in [1.807, 2.05) is 27.7 Å². The van der Waals surface area contributed by atoms with Crippen LogP contribution in [0.1, 0.15) is 43.7 Å².